The molecule has 30 heteroatoms. The summed E-state index contributed by atoms with van der Waals surface area (Å²) in [5, 5.41) is 185. The van der Waals surface area contributed by atoms with Gasteiger partial charge in [0.2, 0.25) is 6.29 Å². The van der Waals surface area contributed by atoms with E-state index in [4.69, 9.17) is 53.3 Å². The molecule has 66 heavy (non-hydrogen) atoms. The molecule has 6 rings (SSSR count). The highest BCUT2D eigenvalue weighted by Crippen LogP contribution is 2.44. The molecule has 6 aliphatic heterocycles. The van der Waals surface area contributed by atoms with Crippen molar-refractivity contribution in [3.63, 3.8) is 0 Å². The Morgan fingerprint density at radius 3 is 1.68 bits per heavy atom. The van der Waals surface area contributed by atoms with Gasteiger partial charge in [0.1, 0.15) is 122 Å². The van der Waals surface area contributed by atoms with E-state index in [0.29, 0.717) is 0 Å². The topological polar surface area (TPSA) is 489 Å². The van der Waals surface area contributed by atoms with E-state index in [9.17, 15) is 91.6 Å². The molecule has 0 saturated carbocycles. The van der Waals surface area contributed by atoms with Crippen LogP contribution >= 0.6 is 0 Å². The van der Waals surface area contributed by atoms with Crippen molar-refractivity contribution in [3.05, 3.63) is 0 Å². The van der Waals surface area contributed by atoms with Crippen LogP contribution in [0.4, 0.5) is 0 Å². The second-order valence-corrected chi connectivity index (χ2v) is 17.2. The maximum atomic E-state index is 13.0. The first-order valence-electron chi connectivity index (χ1n) is 20.9. The Morgan fingerprint density at radius 2 is 1.06 bits per heavy atom. The second-order valence-electron chi connectivity index (χ2n) is 17.2. The summed E-state index contributed by atoms with van der Waals surface area (Å²) in [6.45, 7) is 1.74. The smallest absolute Gasteiger partial charge is 0.335 e. The molecule has 384 valence electrons. The van der Waals surface area contributed by atoms with Crippen LogP contribution in [0, 0.1) is 0 Å². The van der Waals surface area contributed by atoms with Gasteiger partial charge in [-0.1, -0.05) is 0 Å². The van der Waals surface area contributed by atoms with Crippen molar-refractivity contribution in [1.82, 2.24) is 0 Å². The SMILES string of the molecule is CC1O[C@H](O[C@@H]2C(CO)O[C@@H](OC3[C@@H](O)C(C)O[C@@H](OC4C(O)[C@H](ON)OC(C)[C@@H]4O)C3(O)[C@H]3OC(CO[C@H]4OC(C(=O)O)[C@@H](O)C(O)C4O)[C@@H](O)C(O)C3O)C(O)C2O)C(O)C(O)[C@H]1O. The molecule has 0 aromatic carbocycles. The van der Waals surface area contributed by atoms with Gasteiger partial charge >= 0.3 is 5.97 Å². The number of hydrogen-bond donors (Lipinski definition) is 18. The highest BCUT2D eigenvalue weighted by molar-refractivity contribution is 5.73. The summed E-state index contributed by atoms with van der Waals surface area (Å²) in [5.41, 5.74) is -3.34. The molecular weight excluding hydrogens is 910 g/mol. The third kappa shape index (κ3) is 9.98. The molecule has 6 fully saturated rings. The zero-order valence-electron chi connectivity index (χ0n) is 35.2. The number of aliphatic hydroxyl groups is 16. The zero-order chi connectivity index (χ0) is 49.0. The van der Waals surface area contributed by atoms with E-state index in [1.807, 2.05) is 0 Å². The van der Waals surface area contributed by atoms with Crippen LogP contribution in [0.2, 0.25) is 0 Å². The lowest BCUT2D eigenvalue weighted by Crippen LogP contribution is -2.78. The minimum Gasteiger partial charge on any atom is -0.479 e. The lowest BCUT2D eigenvalue weighted by molar-refractivity contribution is -0.428. The van der Waals surface area contributed by atoms with E-state index < -0.39 is 203 Å². The highest BCUT2D eigenvalue weighted by Gasteiger charge is 2.67. The zero-order valence-corrected chi connectivity index (χ0v) is 35.2. The largest absolute Gasteiger partial charge is 0.479 e. The Kier molecular flexibility index (Phi) is 17.4. The summed E-state index contributed by atoms with van der Waals surface area (Å²) in [6.07, 6.45) is -57.6. The van der Waals surface area contributed by atoms with E-state index in [0.717, 1.165) is 0 Å². The molecule has 30 nitrogen and oxygen atoms in total. The van der Waals surface area contributed by atoms with Crippen molar-refractivity contribution in [1.29, 1.82) is 0 Å². The number of hydrogen-bond acceptors (Lipinski definition) is 29. The number of carboxylic acid groups (broad SMARTS) is 1. The van der Waals surface area contributed by atoms with E-state index in [2.05, 4.69) is 4.84 Å². The van der Waals surface area contributed by atoms with Crippen LogP contribution in [-0.4, -0.2) is 290 Å². The number of nitrogens with two attached hydrogens (primary N) is 1. The maximum absolute atomic E-state index is 13.0. The van der Waals surface area contributed by atoms with E-state index >= 15 is 0 Å². The van der Waals surface area contributed by atoms with Crippen molar-refractivity contribution < 1.29 is 144 Å². The monoisotopic (exact) mass is 971 g/mol. The predicted octanol–water partition coefficient (Wildman–Crippen LogP) is -11.6. The summed E-state index contributed by atoms with van der Waals surface area (Å²) in [5.74, 6) is 3.50. The molecule has 0 spiro atoms. The van der Waals surface area contributed by atoms with Crippen molar-refractivity contribution >= 4 is 5.97 Å². The minimum atomic E-state index is -3.34. The average molecular weight is 972 g/mol. The molecule has 0 bridgehead atoms. The van der Waals surface area contributed by atoms with Crippen LogP contribution in [0.15, 0.2) is 0 Å². The van der Waals surface area contributed by atoms with Crippen LogP contribution in [0.25, 0.3) is 0 Å². The maximum Gasteiger partial charge on any atom is 0.335 e. The molecule has 18 unspecified atom stereocenters. The minimum absolute atomic E-state index is 1.04. The number of aliphatic carboxylic acids is 1. The van der Waals surface area contributed by atoms with Gasteiger partial charge in [-0.05, 0) is 20.8 Å². The number of ether oxygens (including phenoxy) is 10. The van der Waals surface area contributed by atoms with Gasteiger partial charge in [-0.15, -0.1) is 0 Å². The fourth-order valence-corrected chi connectivity index (χ4v) is 8.69. The Hall–Kier alpha value is -1.65. The first-order chi connectivity index (χ1) is 30.9. The molecule has 6 saturated heterocycles. The Balaban J connectivity index is 1.34. The van der Waals surface area contributed by atoms with Gasteiger partial charge in [0.15, 0.2) is 36.9 Å². The molecule has 0 amide bonds. The molecular formula is C36H61NO29. The third-order valence-corrected chi connectivity index (χ3v) is 12.8. The second kappa shape index (κ2) is 21.4. The summed E-state index contributed by atoms with van der Waals surface area (Å²) >= 11 is 0. The van der Waals surface area contributed by atoms with Gasteiger partial charge in [0, 0.05) is 0 Å². The molecule has 19 N–H and O–H groups in total. The normalized spacial score (nSPS) is 55.1. The van der Waals surface area contributed by atoms with E-state index in [1.165, 1.54) is 20.8 Å². The van der Waals surface area contributed by atoms with E-state index in [-0.39, 0.29) is 0 Å². The van der Waals surface area contributed by atoms with Crippen molar-refractivity contribution in [3.8, 4) is 0 Å². The van der Waals surface area contributed by atoms with Crippen LogP contribution < -0.4 is 5.90 Å². The molecule has 0 radical (unpaired) electrons. The van der Waals surface area contributed by atoms with Crippen LogP contribution in [0.3, 0.4) is 0 Å². The number of carbonyl (C=O) groups is 1. The lowest BCUT2D eigenvalue weighted by Gasteiger charge is -2.57. The Morgan fingerprint density at radius 1 is 0.515 bits per heavy atom. The summed E-state index contributed by atoms with van der Waals surface area (Å²) in [6, 6.07) is 0. The number of carboxylic acids is 1. The van der Waals surface area contributed by atoms with Gasteiger partial charge in [0.05, 0.1) is 31.5 Å². The lowest BCUT2D eigenvalue weighted by atomic mass is 9.76. The Labute approximate surface area is 373 Å². The fourth-order valence-electron chi connectivity index (χ4n) is 8.69. The molecule has 30 atom stereocenters. The van der Waals surface area contributed by atoms with Crippen molar-refractivity contribution in [2.45, 2.75) is 204 Å². The molecule has 0 aromatic rings. The molecule has 6 heterocycles. The standard InChI is InChI=1S/C36H61NO29/c1-6-11(39)15(43)22(50)32(57-6)62-25-9(4-38)61-33(23(51)19(25)47)65-28-13(41)8(3)59-35(64-26-12(40)7(2)58-34(66-37)24(26)52)36(28,55)29-20(48)16(44)14(42)10(60-29)5-56-31-21(49)17(45)18(46)27(63-31)30(53)54/h6-29,31-35,38-52,55H,4-5,37H2,1-3H3,(H,53,54)/t6?,7?,8?,9?,10?,11-,12-,13-,14+,15?,16?,17?,18-,19?,20?,21?,22?,23?,24?,25+,26?,27?,28?,29-,31-,32+,33-,34-,35-,36?/m0/s1. The summed E-state index contributed by atoms with van der Waals surface area (Å²) in [7, 11) is 0. The average Bonchev–Trinajstić information content (AvgIpc) is 3.28. The quantitative estimate of drug-likeness (QED) is 0.0762. The van der Waals surface area contributed by atoms with Gasteiger partial charge < -0.3 is 134 Å². The molecule has 0 aliphatic carbocycles. The van der Waals surface area contributed by atoms with Gasteiger partial charge in [0.25, 0.3) is 0 Å². The molecule has 0 aromatic heterocycles. The number of rotatable bonds is 13. The summed E-state index contributed by atoms with van der Waals surface area (Å²) in [4.78, 5) is 16.3. The van der Waals surface area contributed by atoms with Gasteiger partial charge in [-0.25, -0.2) is 10.7 Å². The number of aliphatic hydroxyl groups excluding tert-OH is 15. The molecule has 6 aliphatic rings. The summed E-state index contributed by atoms with van der Waals surface area (Å²) < 4.78 is 56.3. The highest BCUT2D eigenvalue weighted by atomic mass is 16.8. The van der Waals surface area contributed by atoms with Crippen LogP contribution in [0.5, 0.6) is 0 Å². The first-order valence-corrected chi connectivity index (χ1v) is 20.9. The van der Waals surface area contributed by atoms with Gasteiger partial charge in [-0.2, -0.15) is 0 Å². The third-order valence-electron chi connectivity index (χ3n) is 12.8. The van der Waals surface area contributed by atoms with Crippen LogP contribution in [0.1, 0.15) is 20.8 Å². The van der Waals surface area contributed by atoms with Crippen LogP contribution in [-0.2, 0) is 57.0 Å². The van der Waals surface area contributed by atoms with Crippen molar-refractivity contribution in [2.75, 3.05) is 13.2 Å². The first kappa shape index (κ1) is 53.7. The van der Waals surface area contributed by atoms with Crippen molar-refractivity contribution in [2.24, 2.45) is 5.90 Å². The fraction of sp³-hybridized carbons (Fsp3) is 0.972. The Bertz CT molecular complexity index is 1590. The van der Waals surface area contributed by atoms with E-state index in [1.54, 1.807) is 0 Å². The van der Waals surface area contributed by atoms with Gasteiger partial charge in [-0.3, -0.25) is 4.84 Å². The predicted molar refractivity (Wildman–Crippen MR) is 199 cm³/mol.